The molecule has 9 heteroatoms. The number of carboxylic acids is 1. The maximum atomic E-state index is 12.0. The summed E-state index contributed by atoms with van der Waals surface area (Å²) >= 11 is 5.98. The van der Waals surface area contributed by atoms with Gasteiger partial charge in [0.1, 0.15) is 11.3 Å². The lowest BCUT2D eigenvalue weighted by molar-refractivity contribution is -0.118. The number of nitrogens with zero attached hydrogens (tertiary/aromatic N) is 1. The summed E-state index contributed by atoms with van der Waals surface area (Å²) in [5.74, 6) is -0.970. The number of halogens is 1. The number of ketones is 1. The highest BCUT2D eigenvalue weighted by atomic mass is 35.5. The number of amides is 1. The standard InChI is InChI=1S/C22H22N2O6.C11H15Cl/c1-12(25)9-24-10-15(8-17(24)13-2-4-14(5-3-13)21(23)26)16-6-7-18-20(30-11-29-18)19(16)22(27)28;1-4-9-6-11(12)7-10(5-2)8(9)3/h2-7,15,17H,8-11H2,1H3,(H2,23,26)(H,27,28);6-7H,4-5H2,1-3H3. The molecule has 0 aliphatic carbocycles. The van der Waals surface area contributed by atoms with Crippen LogP contribution in [0.5, 0.6) is 11.5 Å². The number of rotatable bonds is 8. The molecule has 3 N–H and O–H groups in total. The number of carboxylic acid groups (broad SMARTS) is 1. The van der Waals surface area contributed by atoms with Crippen LogP contribution in [-0.4, -0.2) is 47.5 Å². The summed E-state index contributed by atoms with van der Waals surface area (Å²) in [4.78, 5) is 37.3. The topological polar surface area (TPSA) is 119 Å². The SMILES string of the molecule is CC(=O)CN1CC(c2ccc3c(c2C(=O)O)OCO3)CC1c1ccc(C(N)=O)cc1.CCc1cc(Cl)cc(CC)c1C. The first-order chi connectivity index (χ1) is 20.0. The van der Waals surface area contributed by atoms with Crippen LogP contribution in [0.3, 0.4) is 0 Å². The molecular formula is C33H37ClN2O6. The third kappa shape index (κ3) is 6.77. The fourth-order valence-corrected chi connectivity index (χ4v) is 6.15. The number of fused-ring (bicyclic) bond motifs is 1. The lowest BCUT2D eigenvalue weighted by Crippen LogP contribution is -2.29. The molecule has 42 heavy (non-hydrogen) atoms. The van der Waals surface area contributed by atoms with Crippen molar-refractivity contribution >= 4 is 29.3 Å². The number of likely N-dealkylation sites (tertiary alicyclic amines) is 1. The Labute approximate surface area is 251 Å². The van der Waals surface area contributed by atoms with E-state index in [1.165, 1.54) is 23.6 Å². The molecule has 1 amide bonds. The van der Waals surface area contributed by atoms with Crippen LogP contribution in [0, 0.1) is 6.92 Å². The monoisotopic (exact) mass is 592 g/mol. The fourth-order valence-electron chi connectivity index (χ4n) is 5.89. The number of aromatic carboxylic acids is 1. The first-order valence-electron chi connectivity index (χ1n) is 14.1. The number of nitrogens with two attached hydrogens (primary N) is 1. The molecule has 2 aliphatic heterocycles. The first kappa shape index (κ1) is 31.1. The molecule has 0 bridgehead atoms. The van der Waals surface area contributed by atoms with Gasteiger partial charge in [-0.15, -0.1) is 0 Å². The molecule has 0 saturated carbocycles. The van der Waals surface area contributed by atoms with Crippen molar-refractivity contribution in [2.75, 3.05) is 19.9 Å². The number of benzene rings is 3. The zero-order valence-corrected chi connectivity index (χ0v) is 25.2. The van der Waals surface area contributed by atoms with E-state index >= 15 is 0 Å². The van der Waals surface area contributed by atoms with Crippen molar-refractivity contribution in [1.29, 1.82) is 0 Å². The first-order valence-corrected chi connectivity index (χ1v) is 14.5. The minimum absolute atomic E-state index is 0.00493. The minimum atomic E-state index is -1.07. The predicted molar refractivity (Wildman–Crippen MR) is 162 cm³/mol. The van der Waals surface area contributed by atoms with Crippen LogP contribution in [0.1, 0.15) is 87.7 Å². The molecule has 2 aliphatic rings. The second kappa shape index (κ2) is 13.4. The van der Waals surface area contributed by atoms with Gasteiger partial charge in [-0.05, 0) is 97.2 Å². The number of primary amides is 1. The maximum absolute atomic E-state index is 12.0. The van der Waals surface area contributed by atoms with Crippen LogP contribution < -0.4 is 15.2 Å². The molecule has 2 heterocycles. The van der Waals surface area contributed by atoms with E-state index in [4.69, 9.17) is 26.8 Å². The molecule has 0 spiro atoms. The van der Waals surface area contributed by atoms with Crippen LogP contribution in [0.2, 0.25) is 5.02 Å². The van der Waals surface area contributed by atoms with Crippen LogP contribution in [0.15, 0.2) is 48.5 Å². The molecule has 3 aromatic carbocycles. The van der Waals surface area contributed by atoms with Crippen LogP contribution in [0.25, 0.3) is 0 Å². The van der Waals surface area contributed by atoms with Gasteiger partial charge in [-0.1, -0.05) is 43.6 Å². The van der Waals surface area contributed by atoms with Gasteiger partial charge >= 0.3 is 5.97 Å². The van der Waals surface area contributed by atoms with Crippen molar-refractivity contribution in [3.8, 4) is 11.5 Å². The highest BCUT2D eigenvalue weighted by Crippen LogP contribution is 2.46. The Balaban J connectivity index is 0.000000283. The Bertz CT molecular complexity index is 1460. The van der Waals surface area contributed by atoms with Gasteiger partial charge in [-0.3, -0.25) is 14.5 Å². The third-order valence-electron chi connectivity index (χ3n) is 7.98. The Morgan fingerprint density at radius 2 is 1.67 bits per heavy atom. The molecule has 1 saturated heterocycles. The largest absolute Gasteiger partial charge is 0.478 e. The van der Waals surface area contributed by atoms with E-state index in [1.54, 1.807) is 24.3 Å². The normalized spacial score (nSPS) is 17.5. The fraction of sp³-hybridized carbons (Fsp3) is 0.364. The summed E-state index contributed by atoms with van der Waals surface area (Å²) in [7, 11) is 0. The lowest BCUT2D eigenvalue weighted by Gasteiger charge is -2.23. The Morgan fingerprint density at radius 1 is 1.02 bits per heavy atom. The lowest BCUT2D eigenvalue weighted by atomic mass is 9.89. The average Bonchev–Trinajstić information content (AvgIpc) is 3.60. The highest BCUT2D eigenvalue weighted by molar-refractivity contribution is 6.30. The van der Waals surface area contributed by atoms with Crippen molar-refractivity contribution in [1.82, 2.24) is 4.90 Å². The van der Waals surface area contributed by atoms with Gasteiger partial charge in [0.25, 0.3) is 0 Å². The molecular weight excluding hydrogens is 556 g/mol. The van der Waals surface area contributed by atoms with E-state index in [-0.39, 0.29) is 42.4 Å². The minimum Gasteiger partial charge on any atom is -0.478 e. The van der Waals surface area contributed by atoms with Gasteiger partial charge < -0.3 is 20.3 Å². The van der Waals surface area contributed by atoms with Crippen molar-refractivity contribution in [3.63, 3.8) is 0 Å². The van der Waals surface area contributed by atoms with Crippen LogP contribution in [-0.2, 0) is 17.6 Å². The number of carbonyl (C=O) groups is 3. The molecule has 3 aromatic rings. The summed E-state index contributed by atoms with van der Waals surface area (Å²) in [6.07, 6.45) is 2.77. The van der Waals surface area contributed by atoms with Crippen molar-refractivity contribution in [2.24, 2.45) is 5.73 Å². The predicted octanol–water partition coefficient (Wildman–Crippen LogP) is 6.11. The smallest absolute Gasteiger partial charge is 0.339 e. The van der Waals surface area contributed by atoms with Crippen LogP contribution >= 0.6 is 11.6 Å². The third-order valence-corrected chi connectivity index (χ3v) is 8.20. The van der Waals surface area contributed by atoms with Crippen molar-refractivity contribution < 1.29 is 29.0 Å². The summed E-state index contributed by atoms with van der Waals surface area (Å²) in [5, 5.41) is 10.7. The molecule has 2 unspecified atom stereocenters. The number of ether oxygens (including phenoxy) is 2. The van der Waals surface area contributed by atoms with Gasteiger partial charge in [0, 0.05) is 23.2 Å². The van der Waals surface area contributed by atoms with Gasteiger partial charge in [0.15, 0.2) is 11.5 Å². The molecule has 0 aromatic heterocycles. The quantitative estimate of drug-likeness (QED) is 0.324. The number of hydrogen-bond donors (Lipinski definition) is 2. The zero-order chi connectivity index (χ0) is 30.6. The number of hydrogen-bond acceptors (Lipinski definition) is 6. The summed E-state index contributed by atoms with van der Waals surface area (Å²) < 4.78 is 10.7. The molecule has 2 atom stereocenters. The highest BCUT2D eigenvalue weighted by Gasteiger charge is 2.38. The Kier molecular flexibility index (Phi) is 9.91. The van der Waals surface area contributed by atoms with Gasteiger partial charge in [0.2, 0.25) is 12.7 Å². The van der Waals surface area contributed by atoms with Crippen molar-refractivity contribution in [2.45, 2.75) is 58.9 Å². The molecule has 8 nitrogen and oxygen atoms in total. The number of carbonyl (C=O) groups excluding carboxylic acids is 2. The van der Waals surface area contributed by atoms with Gasteiger partial charge in [0.05, 0.1) is 6.54 Å². The number of Topliss-reactive ketones (excluding diaryl/α,β-unsaturated/α-hetero) is 1. The van der Waals surface area contributed by atoms with Gasteiger partial charge in [-0.25, -0.2) is 4.79 Å². The van der Waals surface area contributed by atoms with E-state index < -0.39 is 11.9 Å². The van der Waals surface area contributed by atoms with E-state index in [9.17, 15) is 19.5 Å². The van der Waals surface area contributed by atoms with E-state index in [0.29, 0.717) is 29.8 Å². The Hall–Kier alpha value is -3.88. The second-order valence-electron chi connectivity index (χ2n) is 10.7. The molecule has 5 rings (SSSR count). The molecule has 222 valence electrons. The zero-order valence-electron chi connectivity index (χ0n) is 24.4. The van der Waals surface area contributed by atoms with E-state index in [1.807, 2.05) is 17.0 Å². The number of aryl methyl sites for hydroxylation is 2. The summed E-state index contributed by atoms with van der Waals surface area (Å²) in [5.41, 5.74) is 11.6. The van der Waals surface area contributed by atoms with E-state index in [2.05, 4.69) is 32.9 Å². The second-order valence-corrected chi connectivity index (χ2v) is 11.1. The average molecular weight is 593 g/mol. The summed E-state index contributed by atoms with van der Waals surface area (Å²) in [6.45, 7) is 8.82. The maximum Gasteiger partial charge on any atom is 0.339 e. The molecule has 0 radical (unpaired) electrons. The van der Waals surface area contributed by atoms with Crippen LogP contribution in [0.4, 0.5) is 0 Å². The summed E-state index contributed by atoms with van der Waals surface area (Å²) in [6, 6.07) is 14.5. The van der Waals surface area contributed by atoms with Gasteiger partial charge in [-0.2, -0.15) is 0 Å². The molecule has 1 fully saturated rings. The van der Waals surface area contributed by atoms with E-state index in [0.717, 1.165) is 23.4 Å². The van der Waals surface area contributed by atoms with Crippen molar-refractivity contribution in [3.05, 3.63) is 92.5 Å². The Morgan fingerprint density at radius 3 is 2.21 bits per heavy atom.